The van der Waals surface area contributed by atoms with Crippen LogP contribution in [0.15, 0.2) is 29.7 Å². The highest BCUT2D eigenvalue weighted by atomic mass is 35.5. The van der Waals surface area contributed by atoms with Gasteiger partial charge in [-0.25, -0.2) is 26.7 Å². The van der Waals surface area contributed by atoms with Crippen molar-refractivity contribution in [2.24, 2.45) is 7.05 Å². The van der Waals surface area contributed by atoms with Gasteiger partial charge >= 0.3 is 0 Å². The van der Waals surface area contributed by atoms with E-state index in [2.05, 4.69) is 15.2 Å². The summed E-state index contributed by atoms with van der Waals surface area (Å²) in [6, 6.07) is 1.11. The predicted molar refractivity (Wildman–Crippen MR) is 91.9 cm³/mol. The van der Waals surface area contributed by atoms with Gasteiger partial charge in [0.15, 0.2) is 5.65 Å². The predicted octanol–water partition coefficient (Wildman–Crippen LogP) is 1.90. The van der Waals surface area contributed by atoms with Gasteiger partial charge in [0, 0.05) is 38.0 Å². The molecule has 0 N–H and O–H groups in total. The number of nitrogens with zero attached hydrogens (tertiary/aromatic N) is 6. The molecule has 12 heteroatoms. The topological polar surface area (TPSA) is 85.4 Å². The number of sulfonamides is 1. The minimum Gasteiger partial charge on any atom is -0.256 e. The second kappa shape index (κ2) is 6.21. The molecule has 0 atom stereocenters. The smallest absolute Gasteiger partial charge is 0.247 e. The standard InChI is InChI=1S/C15H15ClF2N6O2S/c1-22-14(16)12(7-20-22)27(25,26)23-4-2-15(18,3-5-23)10-8-24-13(6-11(10)17)19-9-21-24/h6-9H,2-5H2,1H3. The quantitative estimate of drug-likeness (QED) is 0.651. The fraction of sp³-hybridized carbons (Fsp3) is 0.400. The Balaban J connectivity index is 1.60. The molecule has 144 valence electrons. The third-order valence-corrected chi connectivity index (χ3v) is 7.28. The summed E-state index contributed by atoms with van der Waals surface area (Å²) >= 11 is 5.99. The van der Waals surface area contributed by atoms with Crippen molar-refractivity contribution in [2.75, 3.05) is 13.1 Å². The maximum Gasteiger partial charge on any atom is 0.247 e. The van der Waals surface area contributed by atoms with E-state index in [9.17, 15) is 12.8 Å². The first-order valence-electron chi connectivity index (χ1n) is 8.08. The highest BCUT2D eigenvalue weighted by Crippen LogP contribution is 2.40. The van der Waals surface area contributed by atoms with Gasteiger partial charge in [-0.2, -0.15) is 14.5 Å². The van der Waals surface area contributed by atoms with Gasteiger partial charge in [-0.15, -0.1) is 0 Å². The number of aryl methyl sites for hydroxylation is 1. The van der Waals surface area contributed by atoms with Crippen molar-refractivity contribution in [3.05, 3.63) is 41.3 Å². The van der Waals surface area contributed by atoms with Crippen LogP contribution < -0.4 is 0 Å². The average Bonchev–Trinajstić information content (AvgIpc) is 3.21. The highest BCUT2D eigenvalue weighted by molar-refractivity contribution is 7.89. The summed E-state index contributed by atoms with van der Waals surface area (Å²) in [4.78, 5) is 3.73. The van der Waals surface area contributed by atoms with E-state index in [1.165, 1.54) is 28.8 Å². The Hall–Kier alpha value is -2.11. The van der Waals surface area contributed by atoms with Gasteiger partial charge < -0.3 is 0 Å². The molecule has 0 radical (unpaired) electrons. The van der Waals surface area contributed by atoms with Crippen LogP contribution in [-0.2, 0) is 22.7 Å². The maximum atomic E-state index is 15.5. The first kappa shape index (κ1) is 18.3. The van der Waals surface area contributed by atoms with Gasteiger partial charge in [0.2, 0.25) is 10.0 Å². The van der Waals surface area contributed by atoms with Crippen molar-refractivity contribution < 1.29 is 17.2 Å². The summed E-state index contributed by atoms with van der Waals surface area (Å²) in [5.41, 5.74) is -1.89. The van der Waals surface area contributed by atoms with Crippen LogP contribution in [0.4, 0.5) is 8.78 Å². The summed E-state index contributed by atoms with van der Waals surface area (Å²) in [6.07, 6.45) is 3.28. The lowest BCUT2D eigenvalue weighted by Crippen LogP contribution is -2.43. The summed E-state index contributed by atoms with van der Waals surface area (Å²) < 4.78 is 59.0. The highest BCUT2D eigenvalue weighted by Gasteiger charge is 2.42. The van der Waals surface area contributed by atoms with Crippen molar-refractivity contribution in [3.63, 3.8) is 0 Å². The molecule has 0 spiro atoms. The fourth-order valence-corrected chi connectivity index (χ4v) is 5.08. The molecular weight excluding hydrogens is 402 g/mol. The van der Waals surface area contributed by atoms with Gasteiger partial charge in [0.1, 0.15) is 27.9 Å². The molecule has 0 aliphatic carbocycles. The number of halogens is 3. The zero-order valence-electron chi connectivity index (χ0n) is 14.2. The molecule has 8 nitrogen and oxygen atoms in total. The molecule has 3 aromatic rings. The molecule has 4 rings (SSSR count). The van der Waals surface area contributed by atoms with Gasteiger partial charge in [-0.3, -0.25) is 4.68 Å². The molecule has 27 heavy (non-hydrogen) atoms. The molecule has 1 aliphatic heterocycles. The van der Waals surface area contributed by atoms with E-state index in [4.69, 9.17) is 11.6 Å². The molecule has 0 saturated carbocycles. The monoisotopic (exact) mass is 416 g/mol. The largest absolute Gasteiger partial charge is 0.256 e. The van der Waals surface area contributed by atoms with Crippen molar-refractivity contribution in [1.82, 2.24) is 28.7 Å². The van der Waals surface area contributed by atoms with Gasteiger partial charge in [0.05, 0.1) is 6.20 Å². The third-order valence-electron chi connectivity index (χ3n) is 4.82. The summed E-state index contributed by atoms with van der Waals surface area (Å²) in [5, 5.41) is 7.70. The van der Waals surface area contributed by atoms with E-state index in [0.29, 0.717) is 0 Å². The SMILES string of the molecule is Cn1ncc(S(=O)(=O)N2CCC(F)(c3cn4ncnc4cc3F)CC2)c1Cl. The first-order valence-corrected chi connectivity index (χ1v) is 9.90. The van der Waals surface area contributed by atoms with E-state index in [1.807, 2.05) is 0 Å². The molecular formula is C15H15ClF2N6O2S. The minimum absolute atomic E-state index is 0.0187. The number of fused-ring (bicyclic) bond motifs is 1. The van der Waals surface area contributed by atoms with Crippen molar-refractivity contribution in [3.8, 4) is 0 Å². The zero-order chi connectivity index (χ0) is 19.4. The lowest BCUT2D eigenvalue weighted by molar-refractivity contribution is 0.0825. The Morgan fingerprint density at radius 3 is 2.59 bits per heavy atom. The van der Waals surface area contributed by atoms with Crippen LogP contribution in [0.5, 0.6) is 0 Å². The summed E-state index contributed by atoms with van der Waals surface area (Å²) in [6.45, 7) is -0.224. The van der Waals surface area contributed by atoms with Crippen molar-refractivity contribution in [2.45, 2.75) is 23.4 Å². The van der Waals surface area contributed by atoms with Crippen LogP contribution in [0, 0.1) is 5.82 Å². The first-order chi connectivity index (χ1) is 12.7. The van der Waals surface area contributed by atoms with Crippen LogP contribution in [0.1, 0.15) is 18.4 Å². The second-order valence-electron chi connectivity index (χ2n) is 6.39. The Morgan fingerprint density at radius 2 is 1.96 bits per heavy atom. The zero-order valence-corrected chi connectivity index (χ0v) is 15.8. The number of hydrogen-bond acceptors (Lipinski definition) is 5. The number of aromatic nitrogens is 5. The fourth-order valence-electron chi connectivity index (χ4n) is 3.23. The van der Waals surface area contributed by atoms with Crippen LogP contribution in [0.25, 0.3) is 5.65 Å². The molecule has 3 aromatic heterocycles. The van der Waals surface area contributed by atoms with Crippen LogP contribution in [-0.4, -0.2) is 50.2 Å². The van der Waals surface area contributed by atoms with Gasteiger partial charge in [-0.1, -0.05) is 11.6 Å². The number of piperidine rings is 1. The molecule has 0 bridgehead atoms. The second-order valence-corrected chi connectivity index (χ2v) is 8.65. The van der Waals surface area contributed by atoms with E-state index < -0.39 is 21.5 Å². The molecule has 1 saturated heterocycles. The minimum atomic E-state index is -3.91. The summed E-state index contributed by atoms with van der Waals surface area (Å²) in [5.74, 6) is -0.732. The number of alkyl halides is 1. The number of hydrogen-bond donors (Lipinski definition) is 0. The lowest BCUT2D eigenvalue weighted by atomic mass is 9.87. The average molecular weight is 417 g/mol. The van der Waals surface area contributed by atoms with Crippen molar-refractivity contribution >= 4 is 27.3 Å². The maximum absolute atomic E-state index is 15.5. The van der Waals surface area contributed by atoms with Crippen LogP contribution in [0.3, 0.4) is 0 Å². The molecule has 1 aliphatic rings. The molecule has 0 aromatic carbocycles. The van der Waals surface area contributed by atoms with E-state index in [-0.39, 0.29) is 47.2 Å². The molecule has 1 fully saturated rings. The Morgan fingerprint density at radius 1 is 1.26 bits per heavy atom. The van der Waals surface area contributed by atoms with E-state index in [1.54, 1.807) is 0 Å². The number of rotatable bonds is 3. The normalized spacial score (nSPS) is 18.2. The van der Waals surface area contributed by atoms with Crippen LogP contribution >= 0.6 is 11.6 Å². The Labute approximate surface area is 158 Å². The van der Waals surface area contributed by atoms with Gasteiger partial charge in [0.25, 0.3) is 0 Å². The molecule has 4 heterocycles. The lowest BCUT2D eigenvalue weighted by Gasteiger charge is -2.35. The molecule has 0 unspecified atom stereocenters. The summed E-state index contributed by atoms with van der Waals surface area (Å²) in [7, 11) is -2.39. The third kappa shape index (κ3) is 2.89. The molecule has 0 amide bonds. The van der Waals surface area contributed by atoms with E-state index >= 15 is 4.39 Å². The van der Waals surface area contributed by atoms with Crippen LogP contribution in [0.2, 0.25) is 5.15 Å². The van der Waals surface area contributed by atoms with Gasteiger partial charge in [-0.05, 0) is 12.8 Å². The van der Waals surface area contributed by atoms with E-state index in [0.717, 1.165) is 16.6 Å². The Bertz CT molecular complexity index is 1120. The van der Waals surface area contributed by atoms with Crippen molar-refractivity contribution in [1.29, 1.82) is 0 Å². The Kier molecular flexibility index (Phi) is 4.20. The number of pyridine rings is 1.